The van der Waals surface area contributed by atoms with Gasteiger partial charge < -0.3 is 0 Å². The molecule has 1 aliphatic rings. The molecule has 1 heterocycles. The van der Waals surface area contributed by atoms with Crippen molar-refractivity contribution in [2.24, 2.45) is 4.99 Å². The molecule has 0 saturated carbocycles. The van der Waals surface area contributed by atoms with Crippen LogP contribution >= 0.6 is 27.7 Å². The lowest BCUT2D eigenvalue weighted by Crippen LogP contribution is -2.16. The summed E-state index contributed by atoms with van der Waals surface area (Å²) in [5.74, 6) is -0.413. The van der Waals surface area contributed by atoms with Gasteiger partial charge in [-0.05, 0) is 0 Å². The van der Waals surface area contributed by atoms with Gasteiger partial charge in [0.25, 0.3) is 0 Å². The Labute approximate surface area is 65.3 Å². The zero-order valence-corrected chi connectivity index (χ0v) is 6.60. The van der Waals surface area contributed by atoms with Gasteiger partial charge in [-0.1, -0.05) is 11.6 Å². The SMILES string of the molecule is FC1=CN(Br)C(Cl)N=C1. The Morgan fingerprint density at radius 1 is 1.89 bits per heavy atom. The van der Waals surface area contributed by atoms with Gasteiger partial charge in [-0.15, -0.1) is 0 Å². The van der Waals surface area contributed by atoms with Crippen LogP contribution in [0.2, 0.25) is 0 Å². The fourth-order valence-corrected chi connectivity index (χ4v) is 0.823. The standard InChI is InChI=1S/C4H3BrClFN2/c5-9-2-3(7)1-8-4(9)6/h1-2,4H. The third-order valence-corrected chi connectivity index (χ3v) is 1.92. The largest absolute Gasteiger partial charge is 0.276 e. The molecule has 5 heteroatoms. The quantitative estimate of drug-likeness (QED) is 0.341. The summed E-state index contributed by atoms with van der Waals surface area (Å²) in [5, 5.41) is 0. The Hall–Kier alpha value is -0.0900. The Bertz CT molecular complexity index is 170. The van der Waals surface area contributed by atoms with Gasteiger partial charge >= 0.3 is 0 Å². The predicted octanol–water partition coefficient (Wildman–Crippen LogP) is 2.02. The molecule has 0 spiro atoms. The first-order chi connectivity index (χ1) is 4.20. The third kappa shape index (κ3) is 1.66. The first kappa shape index (κ1) is 7.02. The molecule has 0 radical (unpaired) electrons. The summed E-state index contributed by atoms with van der Waals surface area (Å²) < 4.78 is 13.5. The van der Waals surface area contributed by atoms with Crippen molar-refractivity contribution in [3.8, 4) is 0 Å². The minimum atomic E-state index is -0.538. The maximum atomic E-state index is 12.2. The average Bonchev–Trinajstić information content (AvgIpc) is 1.80. The van der Waals surface area contributed by atoms with Gasteiger partial charge in [0, 0.05) is 0 Å². The van der Waals surface area contributed by atoms with Crippen LogP contribution in [0.25, 0.3) is 0 Å². The Balaban J connectivity index is 2.70. The molecule has 0 bridgehead atoms. The lowest BCUT2D eigenvalue weighted by atomic mass is 10.6. The number of allylic oxidation sites excluding steroid dienone is 1. The molecule has 1 aliphatic heterocycles. The number of alkyl halides is 1. The summed E-state index contributed by atoms with van der Waals surface area (Å²) in [6.45, 7) is 0. The lowest BCUT2D eigenvalue weighted by molar-refractivity contribution is 0.555. The van der Waals surface area contributed by atoms with Gasteiger partial charge in [-0.2, -0.15) is 0 Å². The van der Waals surface area contributed by atoms with Gasteiger partial charge in [-0.25, -0.2) is 9.38 Å². The molecule has 1 rings (SSSR count). The van der Waals surface area contributed by atoms with E-state index >= 15 is 0 Å². The van der Waals surface area contributed by atoms with Crippen molar-refractivity contribution in [2.45, 2.75) is 5.62 Å². The highest BCUT2D eigenvalue weighted by molar-refractivity contribution is 9.07. The second-order valence-corrected chi connectivity index (χ2v) is 2.66. The van der Waals surface area contributed by atoms with Crippen LogP contribution in [0.5, 0.6) is 0 Å². The highest BCUT2D eigenvalue weighted by Gasteiger charge is 2.11. The van der Waals surface area contributed by atoms with Crippen LogP contribution in [0.4, 0.5) is 4.39 Å². The Kier molecular flexibility index (Phi) is 2.08. The predicted molar refractivity (Wildman–Crippen MR) is 38.1 cm³/mol. The first-order valence-corrected chi connectivity index (χ1v) is 3.33. The molecular weight excluding hydrogens is 210 g/mol. The highest BCUT2D eigenvalue weighted by atomic mass is 79.9. The van der Waals surface area contributed by atoms with E-state index in [1.54, 1.807) is 0 Å². The summed E-state index contributed by atoms with van der Waals surface area (Å²) in [6.07, 6.45) is 2.29. The van der Waals surface area contributed by atoms with E-state index in [2.05, 4.69) is 21.1 Å². The normalized spacial score (nSPS) is 26.3. The molecule has 9 heavy (non-hydrogen) atoms. The van der Waals surface area contributed by atoms with Crippen LogP contribution in [-0.2, 0) is 0 Å². The number of rotatable bonds is 0. The van der Waals surface area contributed by atoms with Crippen molar-refractivity contribution < 1.29 is 4.39 Å². The zero-order valence-electron chi connectivity index (χ0n) is 4.26. The van der Waals surface area contributed by atoms with E-state index in [4.69, 9.17) is 11.6 Å². The van der Waals surface area contributed by atoms with Crippen molar-refractivity contribution in [3.05, 3.63) is 12.0 Å². The van der Waals surface area contributed by atoms with Crippen molar-refractivity contribution >= 4 is 34.0 Å². The summed E-state index contributed by atoms with van der Waals surface area (Å²) in [6, 6.07) is 0. The lowest BCUT2D eigenvalue weighted by Gasteiger charge is -2.16. The molecule has 50 valence electrons. The second-order valence-electron chi connectivity index (χ2n) is 1.45. The van der Waals surface area contributed by atoms with Crippen LogP contribution < -0.4 is 0 Å². The Morgan fingerprint density at radius 3 is 3.00 bits per heavy atom. The molecule has 0 N–H and O–H groups in total. The minimum absolute atomic E-state index is 0.413. The molecule has 1 unspecified atom stereocenters. The monoisotopic (exact) mass is 212 g/mol. The third-order valence-electron chi connectivity index (χ3n) is 0.771. The van der Waals surface area contributed by atoms with Crippen LogP contribution in [-0.4, -0.2) is 15.8 Å². The van der Waals surface area contributed by atoms with Crippen LogP contribution in [0.15, 0.2) is 17.0 Å². The molecule has 0 aromatic rings. The van der Waals surface area contributed by atoms with Crippen molar-refractivity contribution in [1.82, 2.24) is 3.93 Å². The molecule has 0 amide bonds. The van der Waals surface area contributed by atoms with Gasteiger partial charge in [-0.3, -0.25) is 3.93 Å². The van der Waals surface area contributed by atoms with E-state index in [0.717, 1.165) is 6.21 Å². The molecule has 1 atom stereocenters. The fraction of sp³-hybridized carbons (Fsp3) is 0.250. The summed E-state index contributed by atoms with van der Waals surface area (Å²) in [7, 11) is 0. The molecule has 0 aromatic carbocycles. The smallest absolute Gasteiger partial charge is 0.206 e. The summed E-state index contributed by atoms with van der Waals surface area (Å²) in [5.41, 5.74) is -0.538. The van der Waals surface area contributed by atoms with E-state index < -0.39 is 11.5 Å². The van der Waals surface area contributed by atoms with Crippen LogP contribution in [0, 0.1) is 0 Å². The number of halogens is 3. The molecule has 0 aromatic heterocycles. The molecule has 0 aliphatic carbocycles. The topological polar surface area (TPSA) is 15.6 Å². The van der Waals surface area contributed by atoms with E-state index in [1.165, 1.54) is 10.1 Å². The maximum Gasteiger partial charge on any atom is 0.206 e. The first-order valence-electron chi connectivity index (χ1n) is 2.19. The average molecular weight is 213 g/mol. The van der Waals surface area contributed by atoms with E-state index in [0.29, 0.717) is 0 Å². The van der Waals surface area contributed by atoms with Gasteiger partial charge in [0.15, 0.2) is 5.83 Å². The van der Waals surface area contributed by atoms with Crippen LogP contribution in [0.3, 0.4) is 0 Å². The number of hydrogen-bond donors (Lipinski definition) is 0. The fourth-order valence-electron chi connectivity index (χ4n) is 0.409. The summed E-state index contributed by atoms with van der Waals surface area (Å²) in [4.78, 5) is 3.57. The minimum Gasteiger partial charge on any atom is -0.276 e. The molecular formula is C4H3BrClFN2. The van der Waals surface area contributed by atoms with Gasteiger partial charge in [0.1, 0.15) is 0 Å². The zero-order chi connectivity index (χ0) is 6.85. The molecule has 0 saturated heterocycles. The number of nitrogens with zero attached hydrogens (tertiary/aromatic N) is 2. The van der Waals surface area contributed by atoms with E-state index in [-0.39, 0.29) is 0 Å². The second kappa shape index (κ2) is 2.66. The number of aliphatic imine (C=N–C) groups is 1. The van der Waals surface area contributed by atoms with E-state index in [9.17, 15) is 4.39 Å². The maximum absolute atomic E-state index is 12.2. The molecule has 0 fully saturated rings. The Morgan fingerprint density at radius 2 is 2.56 bits per heavy atom. The summed E-state index contributed by atoms with van der Waals surface area (Å²) >= 11 is 8.47. The van der Waals surface area contributed by atoms with Crippen molar-refractivity contribution in [2.75, 3.05) is 0 Å². The van der Waals surface area contributed by atoms with E-state index in [1.807, 2.05) is 0 Å². The van der Waals surface area contributed by atoms with Gasteiger partial charge in [0.05, 0.1) is 28.6 Å². The highest BCUT2D eigenvalue weighted by Crippen LogP contribution is 2.17. The van der Waals surface area contributed by atoms with Crippen LogP contribution in [0.1, 0.15) is 0 Å². The molecule has 2 nitrogen and oxygen atoms in total. The van der Waals surface area contributed by atoms with Crippen molar-refractivity contribution in [3.63, 3.8) is 0 Å². The van der Waals surface area contributed by atoms with Gasteiger partial charge in [0.2, 0.25) is 5.62 Å². The number of hydrogen-bond acceptors (Lipinski definition) is 2. The van der Waals surface area contributed by atoms with Crippen molar-refractivity contribution in [1.29, 1.82) is 0 Å².